The summed E-state index contributed by atoms with van der Waals surface area (Å²) < 4.78 is 12.5. The Hall–Kier alpha value is -1.68. The highest BCUT2D eigenvalue weighted by Gasteiger charge is 2.15. The number of benzene rings is 1. The molecule has 0 aromatic heterocycles. The second-order valence-corrected chi connectivity index (χ2v) is 2.84. The highest BCUT2D eigenvalue weighted by Crippen LogP contribution is 2.19. The van der Waals surface area contributed by atoms with Crippen molar-refractivity contribution in [3.05, 3.63) is 47.8 Å². The van der Waals surface area contributed by atoms with E-state index in [1.807, 2.05) is 0 Å². The zero-order valence-electron chi connectivity index (χ0n) is 7.40. The molecule has 1 rings (SSSR count). The molecule has 0 heterocycles. The Balaban J connectivity index is 2.89. The number of hydrogen-bond acceptors (Lipinski definition) is 2. The Kier molecular flexibility index (Phi) is 2.99. The standard InChI is InChI=1S/C10H10FNO2/c1-6(10(12)14)9(13)7-2-4-8(11)5-3-7/h2-5,9,13H,1H2,(H2,12,14)/t9-/m1/s1. The Morgan fingerprint density at radius 3 is 2.36 bits per heavy atom. The molecule has 1 aromatic rings. The van der Waals surface area contributed by atoms with Crippen LogP contribution in [0.2, 0.25) is 0 Å². The van der Waals surface area contributed by atoms with Gasteiger partial charge in [0.15, 0.2) is 0 Å². The minimum atomic E-state index is -1.17. The molecule has 0 radical (unpaired) electrons. The van der Waals surface area contributed by atoms with E-state index in [-0.39, 0.29) is 5.57 Å². The summed E-state index contributed by atoms with van der Waals surface area (Å²) in [4.78, 5) is 10.7. The smallest absolute Gasteiger partial charge is 0.247 e. The van der Waals surface area contributed by atoms with Crippen LogP contribution in [0.25, 0.3) is 0 Å². The van der Waals surface area contributed by atoms with Gasteiger partial charge in [0, 0.05) is 5.57 Å². The highest BCUT2D eigenvalue weighted by atomic mass is 19.1. The topological polar surface area (TPSA) is 63.3 Å². The van der Waals surface area contributed by atoms with E-state index in [9.17, 15) is 14.3 Å². The van der Waals surface area contributed by atoms with Gasteiger partial charge in [0.1, 0.15) is 11.9 Å². The number of carbonyl (C=O) groups excluding carboxylic acids is 1. The van der Waals surface area contributed by atoms with Gasteiger partial charge in [0.25, 0.3) is 0 Å². The zero-order valence-corrected chi connectivity index (χ0v) is 7.40. The number of primary amides is 1. The van der Waals surface area contributed by atoms with Gasteiger partial charge in [-0.2, -0.15) is 0 Å². The molecule has 3 nitrogen and oxygen atoms in total. The molecule has 1 aromatic carbocycles. The summed E-state index contributed by atoms with van der Waals surface area (Å²) in [6.45, 7) is 3.33. The number of nitrogens with two attached hydrogens (primary N) is 1. The van der Waals surface area contributed by atoms with Crippen LogP contribution in [-0.4, -0.2) is 11.0 Å². The number of aliphatic hydroxyl groups excluding tert-OH is 1. The quantitative estimate of drug-likeness (QED) is 0.704. The first-order valence-corrected chi connectivity index (χ1v) is 3.94. The summed E-state index contributed by atoms with van der Waals surface area (Å²) in [5, 5.41) is 9.53. The molecule has 0 saturated heterocycles. The van der Waals surface area contributed by atoms with Gasteiger partial charge in [-0.05, 0) is 17.7 Å². The fourth-order valence-electron chi connectivity index (χ4n) is 0.981. The van der Waals surface area contributed by atoms with E-state index in [0.717, 1.165) is 0 Å². The largest absolute Gasteiger partial charge is 0.383 e. The van der Waals surface area contributed by atoms with E-state index < -0.39 is 17.8 Å². The molecule has 1 atom stereocenters. The van der Waals surface area contributed by atoms with Crippen LogP contribution >= 0.6 is 0 Å². The molecule has 0 fully saturated rings. The first-order chi connectivity index (χ1) is 6.52. The van der Waals surface area contributed by atoms with Gasteiger partial charge in [-0.15, -0.1) is 0 Å². The van der Waals surface area contributed by atoms with E-state index in [2.05, 4.69) is 6.58 Å². The number of amides is 1. The molecule has 0 unspecified atom stereocenters. The van der Waals surface area contributed by atoms with Crippen LogP contribution in [0.1, 0.15) is 11.7 Å². The van der Waals surface area contributed by atoms with Crippen LogP contribution < -0.4 is 5.73 Å². The Bertz CT molecular complexity index is 359. The molecule has 0 aliphatic heterocycles. The van der Waals surface area contributed by atoms with E-state index in [1.54, 1.807) is 0 Å². The molecule has 74 valence electrons. The van der Waals surface area contributed by atoms with Gasteiger partial charge < -0.3 is 10.8 Å². The lowest BCUT2D eigenvalue weighted by molar-refractivity contribution is -0.115. The van der Waals surface area contributed by atoms with Gasteiger partial charge >= 0.3 is 0 Å². The monoisotopic (exact) mass is 195 g/mol. The summed E-state index contributed by atoms with van der Waals surface area (Å²) in [5.74, 6) is -1.19. The number of carbonyl (C=O) groups is 1. The number of halogens is 1. The van der Waals surface area contributed by atoms with Crippen molar-refractivity contribution in [3.63, 3.8) is 0 Å². The average molecular weight is 195 g/mol. The Morgan fingerprint density at radius 1 is 1.43 bits per heavy atom. The first-order valence-electron chi connectivity index (χ1n) is 3.94. The Labute approximate surface area is 80.7 Å². The summed E-state index contributed by atoms with van der Waals surface area (Å²) in [5.41, 5.74) is 5.20. The van der Waals surface area contributed by atoms with Gasteiger partial charge in [-0.1, -0.05) is 18.7 Å². The van der Waals surface area contributed by atoms with Crippen molar-refractivity contribution < 1.29 is 14.3 Å². The minimum Gasteiger partial charge on any atom is -0.383 e. The lowest BCUT2D eigenvalue weighted by Crippen LogP contribution is -2.18. The van der Waals surface area contributed by atoms with Crippen molar-refractivity contribution in [2.24, 2.45) is 5.73 Å². The second-order valence-electron chi connectivity index (χ2n) is 2.84. The Morgan fingerprint density at radius 2 is 1.93 bits per heavy atom. The van der Waals surface area contributed by atoms with Gasteiger partial charge in [0.2, 0.25) is 5.91 Å². The molecule has 0 bridgehead atoms. The van der Waals surface area contributed by atoms with Crippen molar-refractivity contribution in [2.75, 3.05) is 0 Å². The predicted octanol–water partition coefficient (Wildman–Crippen LogP) is 0.901. The highest BCUT2D eigenvalue weighted by molar-refractivity contribution is 5.92. The average Bonchev–Trinajstić information content (AvgIpc) is 2.16. The number of rotatable bonds is 3. The van der Waals surface area contributed by atoms with Gasteiger partial charge in [-0.3, -0.25) is 4.79 Å². The van der Waals surface area contributed by atoms with Crippen molar-refractivity contribution in [3.8, 4) is 0 Å². The third kappa shape index (κ3) is 2.17. The number of aliphatic hydroxyl groups is 1. The van der Waals surface area contributed by atoms with Crippen molar-refractivity contribution in [1.29, 1.82) is 0 Å². The van der Waals surface area contributed by atoms with Crippen LogP contribution in [0.3, 0.4) is 0 Å². The maximum Gasteiger partial charge on any atom is 0.247 e. The van der Waals surface area contributed by atoms with Crippen LogP contribution in [-0.2, 0) is 4.79 Å². The summed E-state index contributed by atoms with van der Waals surface area (Å²) >= 11 is 0. The van der Waals surface area contributed by atoms with Crippen LogP contribution in [0, 0.1) is 5.82 Å². The normalized spacial score (nSPS) is 12.1. The summed E-state index contributed by atoms with van der Waals surface area (Å²) in [7, 11) is 0. The van der Waals surface area contributed by atoms with Crippen molar-refractivity contribution in [2.45, 2.75) is 6.10 Å². The fourth-order valence-corrected chi connectivity index (χ4v) is 0.981. The zero-order chi connectivity index (χ0) is 10.7. The van der Waals surface area contributed by atoms with Crippen molar-refractivity contribution >= 4 is 5.91 Å². The minimum absolute atomic E-state index is 0.114. The molecule has 3 N–H and O–H groups in total. The summed E-state index contributed by atoms with van der Waals surface area (Å²) in [6.07, 6.45) is -1.17. The summed E-state index contributed by atoms with van der Waals surface area (Å²) in [6, 6.07) is 5.11. The van der Waals surface area contributed by atoms with E-state index in [0.29, 0.717) is 5.56 Å². The second kappa shape index (κ2) is 4.02. The lowest BCUT2D eigenvalue weighted by Gasteiger charge is -2.10. The molecular formula is C10H10FNO2. The van der Waals surface area contributed by atoms with Crippen LogP contribution in [0.4, 0.5) is 4.39 Å². The molecule has 0 aliphatic rings. The number of hydrogen-bond donors (Lipinski definition) is 2. The maximum atomic E-state index is 12.5. The molecule has 14 heavy (non-hydrogen) atoms. The van der Waals surface area contributed by atoms with Crippen molar-refractivity contribution in [1.82, 2.24) is 0 Å². The SMILES string of the molecule is C=C(C(N)=O)[C@@H](O)c1ccc(F)cc1. The fraction of sp³-hybridized carbons (Fsp3) is 0.100. The molecule has 0 spiro atoms. The molecule has 4 heteroatoms. The molecule has 0 aliphatic carbocycles. The maximum absolute atomic E-state index is 12.5. The molecule has 1 amide bonds. The van der Waals surface area contributed by atoms with E-state index in [1.165, 1.54) is 24.3 Å². The van der Waals surface area contributed by atoms with Crippen LogP contribution in [0.5, 0.6) is 0 Å². The van der Waals surface area contributed by atoms with E-state index >= 15 is 0 Å². The lowest BCUT2D eigenvalue weighted by atomic mass is 10.0. The first kappa shape index (κ1) is 10.4. The molecular weight excluding hydrogens is 185 g/mol. The molecule has 0 saturated carbocycles. The van der Waals surface area contributed by atoms with Gasteiger partial charge in [-0.25, -0.2) is 4.39 Å². The van der Waals surface area contributed by atoms with Gasteiger partial charge in [0.05, 0.1) is 0 Å². The van der Waals surface area contributed by atoms with Crippen LogP contribution in [0.15, 0.2) is 36.4 Å². The predicted molar refractivity (Wildman–Crippen MR) is 49.7 cm³/mol. The van der Waals surface area contributed by atoms with E-state index in [4.69, 9.17) is 5.73 Å². The third-order valence-corrected chi connectivity index (χ3v) is 1.83. The third-order valence-electron chi connectivity index (χ3n) is 1.83.